The lowest BCUT2D eigenvalue weighted by atomic mass is 10.1. The molecule has 0 aliphatic carbocycles. The summed E-state index contributed by atoms with van der Waals surface area (Å²) in [7, 11) is 3.52. The van der Waals surface area contributed by atoms with E-state index in [0.29, 0.717) is 27.8 Å². The molecule has 0 aromatic heterocycles. The number of nitrogens with one attached hydrogen (secondary N) is 3. The third kappa shape index (κ3) is 5.46. The second kappa shape index (κ2) is 8.85. The number of amides is 2. The summed E-state index contributed by atoms with van der Waals surface area (Å²) in [5.41, 5.74) is 2.15. The van der Waals surface area contributed by atoms with Crippen molar-refractivity contribution in [3.63, 3.8) is 0 Å². The Hall–Kier alpha value is -2.08. The molecule has 0 heterocycles. The SMILES string of the molecule is CNC(=O)c1ccc(C[NH+](C)CC(=O)Nc2cccc(Cl)c2Cl)cc1. The number of quaternary nitrogens is 1. The van der Waals surface area contributed by atoms with Crippen molar-refractivity contribution >= 4 is 40.7 Å². The largest absolute Gasteiger partial charge is 0.355 e. The van der Waals surface area contributed by atoms with Gasteiger partial charge in [-0.05, 0) is 24.3 Å². The number of carbonyl (C=O) groups excluding carboxylic acids is 2. The number of hydrogen-bond acceptors (Lipinski definition) is 2. The van der Waals surface area contributed by atoms with Crippen LogP contribution in [-0.4, -0.2) is 32.5 Å². The van der Waals surface area contributed by atoms with Gasteiger partial charge in [-0.15, -0.1) is 0 Å². The minimum Gasteiger partial charge on any atom is -0.355 e. The van der Waals surface area contributed by atoms with Crippen LogP contribution < -0.4 is 15.5 Å². The highest BCUT2D eigenvalue weighted by molar-refractivity contribution is 6.43. The van der Waals surface area contributed by atoms with E-state index in [1.165, 1.54) is 0 Å². The minimum atomic E-state index is -0.149. The van der Waals surface area contributed by atoms with Crippen LogP contribution in [0.5, 0.6) is 0 Å². The molecule has 1 atom stereocenters. The van der Waals surface area contributed by atoms with Crippen LogP contribution in [-0.2, 0) is 11.3 Å². The minimum absolute atomic E-state index is 0.120. The number of likely N-dealkylation sites (N-methyl/N-ethyl adjacent to an activating group) is 1. The number of anilines is 1. The van der Waals surface area contributed by atoms with E-state index in [0.717, 1.165) is 10.5 Å². The van der Waals surface area contributed by atoms with Crippen molar-refractivity contribution in [3.8, 4) is 0 Å². The molecule has 3 N–H and O–H groups in total. The smallest absolute Gasteiger partial charge is 0.279 e. The molecular weight excluding hydrogens is 361 g/mol. The summed E-state index contributed by atoms with van der Waals surface area (Å²) in [5, 5.41) is 6.08. The van der Waals surface area contributed by atoms with E-state index in [2.05, 4.69) is 10.6 Å². The van der Waals surface area contributed by atoms with Crippen LogP contribution in [0.4, 0.5) is 5.69 Å². The first kappa shape index (κ1) is 19.2. The molecule has 0 aliphatic heterocycles. The van der Waals surface area contributed by atoms with Crippen LogP contribution in [0, 0.1) is 0 Å². The number of rotatable bonds is 6. The van der Waals surface area contributed by atoms with E-state index in [9.17, 15) is 9.59 Å². The Kier molecular flexibility index (Phi) is 6.82. The van der Waals surface area contributed by atoms with Gasteiger partial charge in [-0.1, -0.05) is 41.4 Å². The van der Waals surface area contributed by atoms with Crippen molar-refractivity contribution in [2.24, 2.45) is 0 Å². The van der Waals surface area contributed by atoms with Crippen molar-refractivity contribution in [2.75, 3.05) is 26.0 Å². The number of halogens is 2. The van der Waals surface area contributed by atoms with E-state index in [-0.39, 0.29) is 18.4 Å². The molecule has 2 rings (SSSR count). The third-order valence-electron chi connectivity index (χ3n) is 3.64. The first-order valence-corrected chi connectivity index (χ1v) is 8.52. The van der Waals surface area contributed by atoms with Crippen LogP contribution in [0.15, 0.2) is 42.5 Å². The molecule has 2 aromatic carbocycles. The van der Waals surface area contributed by atoms with E-state index in [1.807, 2.05) is 19.2 Å². The zero-order valence-electron chi connectivity index (χ0n) is 14.0. The third-order valence-corrected chi connectivity index (χ3v) is 4.46. The van der Waals surface area contributed by atoms with Crippen LogP contribution in [0.25, 0.3) is 0 Å². The van der Waals surface area contributed by atoms with Gasteiger partial charge >= 0.3 is 0 Å². The highest BCUT2D eigenvalue weighted by Crippen LogP contribution is 2.29. The predicted molar refractivity (Wildman–Crippen MR) is 100 cm³/mol. The standard InChI is InChI=1S/C18H19Cl2N3O2/c1-21-18(25)13-8-6-12(7-9-13)10-23(2)11-16(24)22-15-5-3-4-14(19)17(15)20/h3-9H,10-11H2,1-2H3,(H,21,25)(H,22,24)/p+1. The Bertz CT molecular complexity index is 763. The summed E-state index contributed by atoms with van der Waals surface area (Å²) < 4.78 is 0. The molecule has 1 unspecified atom stereocenters. The van der Waals surface area contributed by atoms with Gasteiger partial charge in [0.15, 0.2) is 6.54 Å². The summed E-state index contributed by atoms with van der Waals surface area (Å²) in [6.07, 6.45) is 0. The summed E-state index contributed by atoms with van der Waals surface area (Å²) in [6, 6.07) is 12.4. The molecule has 0 aliphatic rings. The summed E-state index contributed by atoms with van der Waals surface area (Å²) in [6.45, 7) is 0.935. The fourth-order valence-corrected chi connectivity index (χ4v) is 2.75. The second-order valence-corrected chi connectivity index (χ2v) is 6.52. The Morgan fingerprint density at radius 2 is 1.76 bits per heavy atom. The maximum Gasteiger partial charge on any atom is 0.279 e. The Labute approximate surface area is 156 Å². The fourth-order valence-electron chi connectivity index (χ4n) is 2.40. The van der Waals surface area contributed by atoms with Gasteiger partial charge in [0.25, 0.3) is 11.8 Å². The fraction of sp³-hybridized carbons (Fsp3) is 0.222. The molecule has 2 aromatic rings. The normalized spacial score (nSPS) is 11.7. The van der Waals surface area contributed by atoms with Crippen molar-refractivity contribution in [3.05, 3.63) is 63.6 Å². The Balaban J connectivity index is 1.91. The molecule has 5 nitrogen and oxygen atoms in total. The Morgan fingerprint density at radius 3 is 2.40 bits per heavy atom. The zero-order chi connectivity index (χ0) is 18.4. The van der Waals surface area contributed by atoms with Gasteiger partial charge in [0, 0.05) is 18.2 Å². The molecule has 0 spiro atoms. The summed E-state index contributed by atoms with van der Waals surface area (Å²) in [4.78, 5) is 24.7. The summed E-state index contributed by atoms with van der Waals surface area (Å²) >= 11 is 12.0. The van der Waals surface area contributed by atoms with E-state index in [1.54, 1.807) is 37.4 Å². The van der Waals surface area contributed by atoms with Crippen LogP contribution in [0.3, 0.4) is 0 Å². The van der Waals surface area contributed by atoms with Gasteiger partial charge in [0.05, 0.1) is 22.8 Å². The first-order chi connectivity index (χ1) is 11.9. The van der Waals surface area contributed by atoms with Gasteiger partial charge in [-0.25, -0.2) is 0 Å². The monoisotopic (exact) mass is 380 g/mol. The maximum absolute atomic E-state index is 12.2. The molecule has 0 radical (unpaired) electrons. The molecular formula is C18H20Cl2N3O2+. The molecule has 7 heteroatoms. The number of carbonyl (C=O) groups is 2. The molecule has 132 valence electrons. The van der Waals surface area contributed by atoms with E-state index >= 15 is 0 Å². The lowest BCUT2D eigenvalue weighted by Crippen LogP contribution is -3.08. The van der Waals surface area contributed by atoms with Gasteiger partial charge in [-0.3, -0.25) is 9.59 Å². The molecule has 0 fully saturated rings. The van der Waals surface area contributed by atoms with Gasteiger partial charge in [-0.2, -0.15) is 0 Å². The van der Waals surface area contributed by atoms with Crippen LogP contribution in [0.1, 0.15) is 15.9 Å². The predicted octanol–water partition coefficient (Wildman–Crippen LogP) is 2.01. The van der Waals surface area contributed by atoms with Crippen molar-refractivity contribution in [1.82, 2.24) is 5.32 Å². The number of benzene rings is 2. The molecule has 2 amide bonds. The van der Waals surface area contributed by atoms with E-state index < -0.39 is 0 Å². The Morgan fingerprint density at radius 1 is 1.08 bits per heavy atom. The first-order valence-electron chi connectivity index (χ1n) is 7.77. The van der Waals surface area contributed by atoms with E-state index in [4.69, 9.17) is 23.2 Å². The quantitative estimate of drug-likeness (QED) is 0.717. The maximum atomic E-state index is 12.2. The van der Waals surface area contributed by atoms with Crippen molar-refractivity contribution in [2.45, 2.75) is 6.54 Å². The van der Waals surface area contributed by atoms with Crippen molar-refractivity contribution < 1.29 is 14.5 Å². The van der Waals surface area contributed by atoms with Gasteiger partial charge in [0.1, 0.15) is 6.54 Å². The molecule has 0 saturated heterocycles. The highest BCUT2D eigenvalue weighted by Gasteiger charge is 2.13. The van der Waals surface area contributed by atoms with Crippen LogP contribution in [0.2, 0.25) is 10.0 Å². The lowest BCUT2D eigenvalue weighted by molar-refractivity contribution is -0.885. The van der Waals surface area contributed by atoms with Gasteiger partial charge in [0.2, 0.25) is 0 Å². The van der Waals surface area contributed by atoms with Gasteiger partial charge < -0.3 is 15.5 Å². The second-order valence-electron chi connectivity index (χ2n) is 5.74. The lowest BCUT2D eigenvalue weighted by Gasteiger charge is -2.15. The topological polar surface area (TPSA) is 62.6 Å². The van der Waals surface area contributed by atoms with Crippen molar-refractivity contribution in [1.29, 1.82) is 0 Å². The highest BCUT2D eigenvalue weighted by atomic mass is 35.5. The average molecular weight is 381 g/mol. The molecule has 25 heavy (non-hydrogen) atoms. The average Bonchev–Trinajstić information content (AvgIpc) is 2.58. The summed E-state index contributed by atoms with van der Waals surface area (Å²) in [5.74, 6) is -0.270. The molecule has 0 saturated carbocycles. The molecule has 0 bridgehead atoms. The number of hydrogen-bond donors (Lipinski definition) is 3. The zero-order valence-corrected chi connectivity index (χ0v) is 15.5. The van der Waals surface area contributed by atoms with Crippen LogP contribution >= 0.6 is 23.2 Å².